The number of nitrogens with zero attached hydrogens (tertiary/aromatic N) is 1. The van der Waals surface area contributed by atoms with Crippen LogP contribution in [0, 0.1) is 6.92 Å². The van der Waals surface area contributed by atoms with Gasteiger partial charge in [-0.3, -0.25) is 14.3 Å². The fourth-order valence-electron chi connectivity index (χ4n) is 5.92. The summed E-state index contributed by atoms with van der Waals surface area (Å²) >= 11 is 0. The first kappa shape index (κ1) is 25.8. The minimum Gasteiger partial charge on any atom is -0.404 e. The topological polar surface area (TPSA) is 109 Å². The maximum absolute atomic E-state index is 12.7. The van der Waals surface area contributed by atoms with Crippen LogP contribution < -0.4 is 27.4 Å². The number of nitrogens with one attached hydrogen (secondary N) is 1. The molecule has 3 N–H and O–H groups in total. The largest absolute Gasteiger partial charge is 0.404 e. The maximum atomic E-state index is 12.7. The van der Waals surface area contributed by atoms with Crippen LogP contribution in [-0.2, 0) is 13.9 Å². The summed E-state index contributed by atoms with van der Waals surface area (Å²) in [7, 11) is -2.86. The van der Waals surface area contributed by atoms with Gasteiger partial charge >= 0.3 is 5.69 Å². The molecular weight excluding hydrogens is 486 g/mol. The van der Waals surface area contributed by atoms with Crippen LogP contribution >= 0.6 is 0 Å². The summed E-state index contributed by atoms with van der Waals surface area (Å²) in [6, 6.07) is 20.2. The van der Waals surface area contributed by atoms with Crippen molar-refractivity contribution in [3.05, 3.63) is 93.3 Å². The molecule has 2 aliphatic heterocycles. The van der Waals surface area contributed by atoms with E-state index in [4.69, 9.17) is 19.6 Å². The fraction of sp³-hybridized carbons (Fsp3) is 0.429. The number of rotatable bonds is 6. The van der Waals surface area contributed by atoms with E-state index < -0.39 is 43.5 Å². The Bertz CT molecular complexity index is 1350. The molecule has 2 fully saturated rings. The van der Waals surface area contributed by atoms with Gasteiger partial charge in [-0.1, -0.05) is 81.4 Å². The van der Waals surface area contributed by atoms with Gasteiger partial charge in [0.15, 0.2) is 6.23 Å². The Balaban J connectivity index is 1.57. The van der Waals surface area contributed by atoms with Gasteiger partial charge in [-0.05, 0) is 29.3 Å². The van der Waals surface area contributed by atoms with Crippen molar-refractivity contribution in [2.75, 3.05) is 6.61 Å². The normalized spacial score (nSPS) is 27.5. The standard InChI is InChI=1S/C28H35N3O5Si/c1-18-16-31(26(33)30-24(18)32)25-22-23(29)28(36-25,19(2)35-22)17-34-37(27(3,4)5,20-12-8-6-9-13-20)21-14-10-7-11-15-21/h6-16,19,22-23,25H,17,29H2,1-5H3,(H,30,32,33)/t19-,22-,23+,25-,28+/m1/s1. The zero-order valence-corrected chi connectivity index (χ0v) is 22.9. The van der Waals surface area contributed by atoms with Gasteiger partial charge in [0.2, 0.25) is 0 Å². The molecule has 1 aromatic heterocycles. The number of aromatic nitrogens is 2. The van der Waals surface area contributed by atoms with Crippen molar-refractivity contribution in [2.24, 2.45) is 5.73 Å². The summed E-state index contributed by atoms with van der Waals surface area (Å²) in [5.74, 6) is 0. The number of hydrogen-bond acceptors (Lipinski definition) is 6. The van der Waals surface area contributed by atoms with Crippen molar-refractivity contribution in [3.8, 4) is 0 Å². The molecule has 0 spiro atoms. The lowest BCUT2D eigenvalue weighted by molar-refractivity contribution is -0.214. The lowest BCUT2D eigenvalue weighted by Crippen LogP contribution is -2.68. The third-order valence-electron chi connectivity index (χ3n) is 7.94. The van der Waals surface area contributed by atoms with Crippen molar-refractivity contribution < 1.29 is 13.9 Å². The number of ether oxygens (including phenoxy) is 2. The third kappa shape index (κ3) is 3.97. The van der Waals surface area contributed by atoms with Crippen LogP contribution in [0.4, 0.5) is 0 Å². The monoisotopic (exact) mass is 521 g/mol. The van der Waals surface area contributed by atoms with E-state index in [1.165, 1.54) is 10.8 Å². The lowest BCUT2D eigenvalue weighted by atomic mass is 9.93. The third-order valence-corrected chi connectivity index (χ3v) is 12.9. The second-order valence-corrected chi connectivity index (χ2v) is 15.5. The second-order valence-electron chi connectivity index (χ2n) is 11.2. The van der Waals surface area contributed by atoms with Crippen LogP contribution in [0.2, 0.25) is 5.04 Å². The van der Waals surface area contributed by atoms with Crippen LogP contribution in [0.15, 0.2) is 76.4 Å². The predicted molar refractivity (Wildman–Crippen MR) is 145 cm³/mol. The van der Waals surface area contributed by atoms with Gasteiger partial charge in [-0.15, -0.1) is 0 Å². The van der Waals surface area contributed by atoms with Gasteiger partial charge in [0.25, 0.3) is 13.9 Å². The summed E-state index contributed by atoms with van der Waals surface area (Å²) in [6.45, 7) is 10.4. The number of fused-ring (bicyclic) bond motifs is 2. The van der Waals surface area contributed by atoms with Gasteiger partial charge in [0.1, 0.15) is 11.7 Å². The van der Waals surface area contributed by atoms with E-state index in [0.29, 0.717) is 5.56 Å². The van der Waals surface area contributed by atoms with Gasteiger partial charge in [0, 0.05) is 11.8 Å². The fourth-order valence-corrected chi connectivity index (χ4v) is 10.5. The van der Waals surface area contributed by atoms with Crippen LogP contribution in [-0.4, -0.2) is 48.3 Å². The second kappa shape index (κ2) is 9.18. The van der Waals surface area contributed by atoms with E-state index in [1.54, 1.807) is 6.92 Å². The van der Waals surface area contributed by atoms with Gasteiger partial charge in [-0.2, -0.15) is 0 Å². The highest BCUT2D eigenvalue weighted by Crippen LogP contribution is 2.48. The number of aryl methyl sites for hydroxylation is 1. The predicted octanol–water partition coefficient (Wildman–Crippen LogP) is 1.80. The Labute approximate surface area is 217 Å². The zero-order chi connectivity index (χ0) is 26.6. The molecule has 0 saturated carbocycles. The average Bonchev–Trinajstić information content (AvgIpc) is 3.27. The molecule has 5 rings (SSSR count). The first-order chi connectivity index (χ1) is 17.5. The van der Waals surface area contributed by atoms with Gasteiger partial charge < -0.3 is 19.6 Å². The molecule has 2 saturated heterocycles. The molecule has 2 bridgehead atoms. The first-order valence-electron chi connectivity index (χ1n) is 12.7. The number of nitrogens with two attached hydrogens (primary N) is 1. The highest BCUT2D eigenvalue weighted by molar-refractivity contribution is 6.99. The molecule has 3 aromatic rings. The van der Waals surface area contributed by atoms with Crippen molar-refractivity contribution in [1.29, 1.82) is 0 Å². The van der Waals surface area contributed by atoms with E-state index in [1.807, 2.05) is 43.3 Å². The molecule has 196 valence electrons. The lowest BCUT2D eigenvalue weighted by Gasteiger charge is -2.46. The smallest absolute Gasteiger partial charge is 0.330 e. The Morgan fingerprint density at radius 2 is 1.62 bits per heavy atom. The van der Waals surface area contributed by atoms with Crippen LogP contribution in [0.25, 0.3) is 0 Å². The minimum atomic E-state index is -2.86. The molecule has 8 nitrogen and oxygen atoms in total. The highest BCUT2D eigenvalue weighted by atomic mass is 28.4. The number of benzene rings is 2. The number of hydrogen-bond donors (Lipinski definition) is 2. The maximum Gasteiger partial charge on any atom is 0.330 e. The van der Waals surface area contributed by atoms with Gasteiger partial charge in [-0.25, -0.2) is 4.79 Å². The quantitative estimate of drug-likeness (QED) is 0.479. The number of aromatic amines is 1. The van der Waals surface area contributed by atoms with Gasteiger partial charge in [0.05, 0.1) is 18.8 Å². The zero-order valence-electron chi connectivity index (χ0n) is 21.9. The SMILES string of the molecule is Cc1cn([C@@H]2O[C@@]3(CO[Si](c4ccccc4)(c4ccccc4)C(C)(C)C)[C@@H](C)O[C@@H]2[C@@H]3N)c(=O)[nH]c1=O. The Kier molecular flexibility index (Phi) is 6.40. The Morgan fingerprint density at radius 1 is 1.05 bits per heavy atom. The molecule has 0 unspecified atom stereocenters. The molecule has 0 aliphatic carbocycles. The molecule has 3 heterocycles. The Morgan fingerprint density at radius 3 is 2.16 bits per heavy atom. The summed E-state index contributed by atoms with van der Waals surface area (Å²) in [4.78, 5) is 27.0. The first-order valence-corrected chi connectivity index (χ1v) is 14.6. The van der Waals surface area contributed by atoms with E-state index in [9.17, 15) is 9.59 Å². The molecular formula is C28H35N3O5Si. The van der Waals surface area contributed by atoms with E-state index in [0.717, 1.165) is 10.4 Å². The number of H-pyrrole nitrogens is 1. The summed E-state index contributed by atoms with van der Waals surface area (Å²) in [6.07, 6.45) is -0.163. The molecule has 9 heteroatoms. The minimum absolute atomic E-state index is 0.201. The summed E-state index contributed by atoms with van der Waals surface area (Å²) in [5.41, 5.74) is 5.23. The molecule has 2 aromatic carbocycles. The molecule has 2 aliphatic rings. The average molecular weight is 522 g/mol. The van der Waals surface area contributed by atoms with Crippen molar-refractivity contribution >= 4 is 18.7 Å². The molecule has 5 atom stereocenters. The van der Waals surface area contributed by atoms with Crippen molar-refractivity contribution in [1.82, 2.24) is 9.55 Å². The van der Waals surface area contributed by atoms with Crippen LogP contribution in [0.1, 0.15) is 39.5 Å². The molecule has 37 heavy (non-hydrogen) atoms. The van der Waals surface area contributed by atoms with Crippen LogP contribution in [0.3, 0.4) is 0 Å². The van der Waals surface area contributed by atoms with E-state index in [-0.39, 0.29) is 17.7 Å². The highest BCUT2D eigenvalue weighted by Gasteiger charge is 2.66. The molecule has 0 amide bonds. The van der Waals surface area contributed by atoms with Crippen LogP contribution in [0.5, 0.6) is 0 Å². The summed E-state index contributed by atoms with van der Waals surface area (Å²) in [5, 5.41) is 2.09. The van der Waals surface area contributed by atoms with Crippen molar-refractivity contribution in [2.45, 2.75) is 69.7 Å². The molecule has 0 radical (unpaired) electrons. The summed E-state index contributed by atoms with van der Waals surface area (Å²) < 4.78 is 21.4. The Hall–Kier alpha value is -2.82. The van der Waals surface area contributed by atoms with E-state index in [2.05, 4.69) is 50.0 Å². The van der Waals surface area contributed by atoms with Crippen molar-refractivity contribution in [3.63, 3.8) is 0 Å². The van der Waals surface area contributed by atoms with E-state index >= 15 is 0 Å².